The highest BCUT2D eigenvalue weighted by molar-refractivity contribution is 14.0. The van der Waals surface area contributed by atoms with Crippen LogP contribution in [0.5, 0.6) is 5.75 Å². The van der Waals surface area contributed by atoms with Crippen LogP contribution < -0.4 is 10.1 Å². The van der Waals surface area contributed by atoms with Gasteiger partial charge in [0.05, 0.1) is 7.11 Å². The average molecular weight is 514 g/mol. The first-order chi connectivity index (χ1) is 13.1. The van der Waals surface area contributed by atoms with Gasteiger partial charge in [-0.15, -0.1) is 35.3 Å². The second-order valence-electron chi connectivity index (χ2n) is 7.07. The number of hydrogen-bond donors (Lipinski definition) is 1. The summed E-state index contributed by atoms with van der Waals surface area (Å²) in [6.07, 6.45) is 1.17. The minimum absolute atomic E-state index is 0. The van der Waals surface area contributed by atoms with Crippen molar-refractivity contribution in [3.05, 3.63) is 51.7 Å². The summed E-state index contributed by atoms with van der Waals surface area (Å²) in [5.74, 6) is 1.80. The second-order valence-corrected chi connectivity index (χ2v) is 8.07. The Hall–Kier alpha value is -1.32. The number of hydrogen-bond acceptors (Lipinski definition) is 4. The Morgan fingerprint density at radius 3 is 2.75 bits per heavy atom. The van der Waals surface area contributed by atoms with Crippen LogP contribution >= 0.6 is 35.3 Å². The molecule has 0 spiro atoms. The summed E-state index contributed by atoms with van der Waals surface area (Å²) in [6, 6.07) is 10.9. The molecule has 2 heterocycles. The van der Waals surface area contributed by atoms with E-state index in [1.807, 2.05) is 30.5 Å². The van der Waals surface area contributed by atoms with Gasteiger partial charge in [0.25, 0.3) is 0 Å². The SMILES string of the molecule is CN=C(NCC(C)N1CCc2sccc2C1)N(C)Cc1ccc(OC)cc1.I. The molecule has 28 heavy (non-hydrogen) atoms. The molecule has 1 atom stereocenters. The highest BCUT2D eigenvalue weighted by Gasteiger charge is 2.21. The number of nitrogens with zero attached hydrogens (tertiary/aromatic N) is 3. The first-order valence-electron chi connectivity index (χ1n) is 9.44. The normalized spacial score (nSPS) is 15.4. The number of guanidine groups is 1. The fourth-order valence-electron chi connectivity index (χ4n) is 3.48. The van der Waals surface area contributed by atoms with Crippen molar-refractivity contribution in [3.63, 3.8) is 0 Å². The molecule has 7 heteroatoms. The first kappa shape index (κ1) is 23.0. The zero-order valence-corrected chi connectivity index (χ0v) is 20.3. The molecule has 1 aromatic carbocycles. The van der Waals surface area contributed by atoms with Crippen LogP contribution in [0.3, 0.4) is 0 Å². The van der Waals surface area contributed by atoms with Gasteiger partial charge in [-0.05, 0) is 48.1 Å². The Morgan fingerprint density at radius 1 is 1.32 bits per heavy atom. The highest BCUT2D eigenvalue weighted by Crippen LogP contribution is 2.25. The van der Waals surface area contributed by atoms with E-state index in [1.54, 1.807) is 12.0 Å². The third kappa shape index (κ3) is 5.84. The van der Waals surface area contributed by atoms with Crippen molar-refractivity contribution in [3.8, 4) is 5.75 Å². The summed E-state index contributed by atoms with van der Waals surface area (Å²) in [5, 5.41) is 5.75. The molecule has 1 unspecified atom stereocenters. The number of thiophene rings is 1. The van der Waals surface area contributed by atoms with Crippen molar-refractivity contribution in [2.75, 3.05) is 34.3 Å². The lowest BCUT2D eigenvalue weighted by atomic mass is 10.1. The number of ether oxygens (including phenoxy) is 1. The molecular weight excluding hydrogens is 483 g/mol. The zero-order valence-electron chi connectivity index (χ0n) is 17.1. The van der Waals surface area contributed by atoms with E-state index in [0.29, 0.717) is 6.04 Å². The van der Waals surface area contributed by atoms with Gasteiger partial charge in [0.2, 0.25) is 0 Å². The van der Waals surface area contributed by atoms with Gasteiger partial charge in [0.15, 0.2) is 5.96 Å². The van der Waals surface area contributed by atoms with Crippen molar-refractivity contribution in [2.24, 2.45) is 4.99 Å². The van der Waals surface area contributed by atoms with Gasteiger partial charge in [0.1, 0.15) is 5.75 Å². The van der Waals surface area contributed by atoms with Crippen molar-refractivity contribution in [1.29, 1.82) is 0 Å². The van der Waals surface area contributed by atoms with Crippen LogP contribution in [0.1, 0.15) is 22.9 Å². The molecule has 1 aromatic heterocycles. The van der Waals surface area contributed by atoms with Gasteiger partial charge >= 0.3 is 0 Å². The Bertz CT molecular complexity index is 762. The lowest BCUT2D eigenvalue weighted by molar-refractivity contribution is 0.192. The Balaban J connectivity index is 0.00000280. The topological polar surface area (TPSA) is 40.1 Å². The quantitative estimate of drug-likeness (QED) is 0.362. The van der Waals surface area contributed by atoms with E-state index in [0.717, 1.165) is 37.9 Å². The average Bonchev–Trinajstić information content (AvgIpc) is 3.16. The van der Waals surface area contributed by atoms with E-state index in [2.05, 4.69) is 57.7 Å². The van der Waals surface area contributed by atoms with Crippen LogP contribution in [0.2, 0.25) is 0 Å². The second kappa shape index (κ2) is 11.0. The minimum Gasteiger partial charge on any atom is -0.497 e. The molecule has 3 rings (SSSR count). The van der Waals surface area contributed by atoms with Crippen molar-refractivity contribution in [1.82, 2.24) is 15.1 Å². The number of aliphatic imine (C=N–C) groups is 1. The molecule has 0 aliphatic carbocycles. The van der Waals surface area contributed by atoms with E-state index in [1.165, 1.54) is 17.5 Å². The van der Waals surface area contributed by atoms with Crippen LogP contribution in [0.4, 0.5) is 0 Å². The Kier molecular flexibility index (Phi) is 9.04. The largest absolute Gasteiger partial charge is 0.497 e. The molecule has 0 saturated heterocycles. The summed E-state index contributed by atoms with van der Waals surface area (Å²) >= 11 is 1.89. The zero-order chi connectivity index (χ0) is 19.2. The first-order valence-corrected chi connectivity index (χ1v) is 10.3. The summed E-state index contributed by atoms with van der Waals surface area (Å²) in [6.45, 7) is 6.18. The van der Waals surface area contributed by atoms with E-state index in [9.17, 15) is 0 Å². The fourth-order valence-corrected chi connectivity index (χ4v) is 4.37. The van der Waals surface area contributed by atoms with Crippen LogP contribution in [0.15, 0.2) is 40.7 Å². The minimum atomic E-state index is 0. The summed E-state index contributed by atoms with van der Waals surface area (Å²) in [5.41, 5.74) is 2.73. The number of benzene rings is 1. The van der Waals surface area contributed by atoms with Crippen molar-refractivity contribution < 1.29 is 4.74 Å². The molecule has 1 aliphatic rings. The van der Waals surface area contributed by atoms with Gasteiger partial charge < -0.3 is 15.0 Å². The predicted molar refractivity (Wildman–Crippen MR) is 129 cm³/mol. The summed E-state index contributed by atoms with van der Waals surface area (Å²) < 4.78 is 5.23. The van der Waals surface area contributed by atoms with E-state index >= 15 is 0 Å². The number of halogens is 1. The molecule has 0 fully saturated rings. The monoisotopic (exact) mass is 514 g/mol. The summed E-state index contributed by atoms with van der Waals surface area (Å²) in [4.78, 5) is 10.7. The van der Waals surface area contributed by atoms with Crippen LogP contribution in [-0.2, 0) is 19.5 Å². The van der Waals surface area contributed by atoms with Crippen LogP contribution in [0.25, 0.3) is 0 Å². The standard InChI is InChI=1S/C21H30N4OS.HI/c1-16(25-11-9-20-18(15-25)10-12-27-20)13-23-21(22-2)24(3)14-17-5-7-19(26-4)8-6-17;/h5-8,10,12,16H,9,11,13-15H2,1-4H3,(H,22,23);1H. The molecule has 1 aliphatic heterocycles. The van der Waals surface area contributed by atoms with Crippen LogP contribution in [-0.4, -0.2) is 56.1 Å². The van der Waals surface area contributed by atoms with Gasteiger partial charge in [0, 0.05) is 51.2 Å². The van der Waals surface area contributed by atoms with Gasteiger partial charge in [-0.2, -0.15) is 0 Å². The maximum Gasteiger partial charge on any atom is 0.193 e. The number of methoxy groups -OCH3 is 1. The van der Waals surface area contributed by atoms with Crippen molar-refractivity contribution in [2.45, 2.75) is 32.5 Å². The number of rotatable bonds is 6. The van der Waals surface area contributed by atoms with Gasteiger partial charge in [-0.25, -0.2) is 0 Å². The molecule has 0 amide bonds. The third-order valence-corrected chi connectivity index (χ3v) is 6.19. The van der Waals surface area contributed by atoms with E-state index in [-0.39, 0.29) is 24.0 Å². The molecular formula is C21H31IN4OS. The fraction of sp³-hybridized carbons (Fsp3) is 0.476. The van der Waals surface area contributed by atoms with Crippen LogP contribution in [0, 0.1) is 0 Å². The smallest absolute Gasteiger partial charge is 0.193 e. The van der Waals surface area contributed by atoms with Gasteiger partial charge in [-0.1, -0.05) is 12.1 Å². The molecule has 0 saturated carbocycles. The number of nitrogens with one attached hydrogen (secondary N) is 1. The Labute approximate surface area is 189 Å². The van der Waals surface area contributed by atoms with Crippen molar-refractivity contribution >= 4 is 41.3 Å². The lowest BCUT2D eigenvalue weighted by Gasteiger charge is -2.33. The predicted octanol–water partition coefficient (Wildman–Crippen LogP) is 3.83. The van der Waals surface area contributed by atoms with E-state index in [4.69, 9.17) is 4.74 Å². The molecule has 5 nitrogen and oxygen atoms in total. The maximum absolute atomic E-state index is 5.23. The number of fused-ring (bicyclic) bond motifs is 1. The summed E-state index contributed by atoms with van der Waals surface area (Å²) in [7, 11) is 5.61. The Morgan fingerprint density at radius 2 is 2.07 bits per heavy atom. The molecule has 1 N–H and O–H groups in total. The van der Waals surface area contributed by atoms with Gasteiger partial charge in [-0.3, -0.25) is 9.89 Å². The molecule has 0 bridgehead atoms. The third-order valence-electron chi connectivity index (χ3n) is 5.17. The highest BCUT2D eigenvalue weighted by atomic mass is 127. The lowest BCUT2D eigenvalue weighted by Crippen LogP contribution is -2.47. The van der Waals surface area contributed by atoms with E-state index < -0.39 is 0 Å². The maximum atomic E-state index is 5.23. The molecule has 2 aromatic rings. The molecule has 0 radical (unpaired) electrons. The molecule has 154 valence electrons.